The molecule has 0 spiro atoms. The minimum atomic E-state index is -0.135. The third-order valence-corrected chi connectivity index (χ3v) is 6.27. The van der Waals surface area contributed by atoms with Gasteiger partial charge in [-0.05, 0) is 54.2 Å². The van der Waals surface area contributed by atoms with Gasteiger partial charge in [-0.3, -0.25) is 9.69 Å². The van der Waals surface area contributed by atoms with E-state index < -0.39 is 0 Å². The Balaban J connectivity index is 1.48. The number of aromatic hydroxyl groups is 1. The Kier molecular flexibility index (Phi) is 9.23. The van der Waals surface area contributed by atoms with E-state index >= 15 is 0 Å². The zero-order chi connectivity index (χ0) is 24.7. The Morgan fingerprint density at radius 1 is 1.21 bits per heavy atom. The predicted molar refractivity (Wildman–Crippen MR) is 136 cm³/mol. The van der Waals surface area contributed by atoms with Gasteiger partial charge in [0.05, 0.1) is 19.8 Å². The van der Waals surface area contributed by atoms with Gasteiger partial charge in [-0.2, -0.15) is 0 Å². The minimum Gasteiger partial charge on any atom is -0.508 e. The Morgan fingerprint density at radius 2 is 1.94 bits per heavy atom. The molecule has 3 rings (SSSR count). The van der Waals surface area contributed by atoms with Crippen molar-refractivity contribution in [2.45, 2.75) is 46.1 Å². The van der Waals surface area contributed by atoms with Gasteiger partial charge in [-0.1, -0.05) is 39.3 Å². The number of halogens is 1. The maximum absolute atomic E-state index is 12.7. The fourth-order valence-electron chi connectivity index (χ4n) is 3.92. The third kappa shape index (κ3) is 7.62. The van der Waals surface area contributed by atoms with Crippen molar-refractivity contribution in [1.29, 1.82) is 0 Å². The van der Waals surface area contributed by atoms with Crippen molar-refractivity contribution in [2.24, 2.45) is 5.92 Å². The van der Waals surface area contributed by atoms with E-state index in [-0.39, 0.29) is 23.0 Å². The van der Waals surface area contributed by atoms with Crippen molar-refractivity contribution in [3.63, 3.8) is 0 Å². The summed E-state index contributed by atoms with van der Waals surface area (Å²) in [6.07, 6.45) is 0.795. The van der Waals surface area contributed by atoms with Crippen molar-refractivity contribution in [3.05, 3.63) is 58.1 Å². The van der Waals surface area contributed by atoms with E-state index in [1.54, 1.807) is 18.2 Å². The molecule has 1 heterocycles. The molecule has 2 aromatic rings. The molecule has 34 heavy (non-hydrogen) atoms. The van der Waals surface area contributed by atoms with Crippen LogP contribution >= 0.6 is 11.6 Å². The number of hydrogen-bond acceptors (Lipinski definition) is 5. The van der Waals surface area contributed by atoms with Crippen LogP contribution < -0.4 is 10.1 Å². The first-order chi connectivity index (χ1) is 16.1. The minimum absolute atomic E-state index is 0.0673. The zero-order valence-electron chi connectivity index (χ0n) is 20.7. The number of rotatable bonds is 9. The second-order valence-corrected chi connectivity index (χ2v) is 10.5. The molecular formula is C27H37ClN2O4. The number of carbonyl (C=O) groups is 1. The number of nitrogens with one attached hydrogen (secondary N) is 1. The standard InChI is InChI=1S/C27H37ClN2O4/c1-19(18-34-25-8-6-22(28)16-23(25)27(2,3)4)9-10-29-26(32)20-5-7-24(31)21(15-20)17-30-11-13-33-14-12-30/h5-8,15-16,19,31H,9-14,17-18H2,1-4H3,(H,29,32). The second-order valence-electron chi connectivity index (χ2n) is 10.1. The van der Waals surface area contributed by atoms with Gasteiger partial charge in [0.1, 0.15) is 11.5 Å². The Morgan fingerprint density at radius 3 is 2.65 bits per heavy atom. The summed E-state index contributed by atoms with van der Waals surface area (Å²) in [5.41, 5.74) is 2.33. The van der Waals surface area contributed by atoms with E-state index in [1.165, 1.54) is 0 Å². The van der Waals surface area contributed by atoms with Crippen LogP contribution in [0.4, 0.5) is 0 Å². The van der Waals surface area contributed by atoms with Crippen LogP contribution in [0.3, 0.4) is 0 Å². The molecule has 1 atom stereocenters. The molecule has 0 aliphatic carbocycles. The Bertz CT molecular complexity index is 968. The molecule has 1 fully saturated rings. The molecule has 186 valence electrons. The van der Waals surface area contributed by atoms with E-state index in [2.05, 4.69) is 37.9 Å². The van der Waals surface area contributed by atoms with E-state index in [4.69, 9.17) is 21.1 Å². The summed E-state index contributed by atoms with van der Waals surface area (Å²) in [5, 5.41) is 13.9. The van der Waals surface area contributed by atoms with Gasteiger partial charge in [0.15, 0.2) is 0 Å². The molecule has 0 aromatic heterocycles. The van der Waals surface area contributed by atoms with Crippen LogP contribution in [0.5, 0.6) is 11.5 Å². The SMILES string of the molecule is CC(CCNC(=O)c1ccc(O)c(CN2CCOCC2)c1)COc1ccc(Cl)cc1C(C)(C)C. The molecule has 2 aromatic carbocycles. The number of carbonyl (C=O) groups excluding carboxylic acids is 1. The molecule has 1 aliphatic rings. The first-order valence-corrected chi connectivity index (χ1v) is 12.3. The van der Waals surface area contributed by atoms with Crippen LogP contribution in [0.1, 0.15) is 55.6 Å². The summed E-state index contributed by atoms with van der Waals surface area (Å²) < 4.78 is 11.5. The van der Waals surface area contributed by atoms with Gasteiger partial charge in [0, 0.05) is 47.9 Å². The number of amides is 1. The van der Waals surface area contributed by atoms with Crippen molar-refractivity contribution in [2.75, 3.05) is 39.5 Å². The molecule has 1 saturated heterocycles. The number of nitrogens with zero attached hydrogens (tertiary/aromatic N) is 1. The average molecular weight is 489 g/mol. The summed E-state index contributed by atoms with van der Waals surface area (Å²) in [6, 6.07) is 10.8. The molecule has 0 saturated carbocycles. The molecule has 6 nitrogen and oxygen atoms in total. The first kappa shape index (κ1) is 26.3. The molecule has 0 bridgehead atoms. The van der Waals surface area contributed by atoms with Gasteiger partial charge in [0.25, 0.3) is 5.91 Å². The van der Waals surface area contributed by atoms with Crippen molar-refractivity contribution < 1.29 is 19.4 Å². The first-order valence-electron chi connectivity index (χ1n) is 12.0. The molecule has 2 N–H and O–H groups in total. The third-order valence-electron chi connectivity index (χ3n) is 6.04. The van der Waals surface area contributed by atoms with Gasteiger partial charge < -0.3 is 19.9 Å². The lowest BCUT2D eigenvalue weighted by Gasteiger charge is -2.27. The highest BCUT2D eigenvalue weighted by Gasteiger charge is 2.20. The van der Waals surface area contributed by atoms with Crippen molar-refractivity contribution in [1.82, 2.24) is 10.2 Å². The largest absolute Gasteiger partial charge is 0.508 e. The summed E-state index contributed by atoms with van der Waals surface area (Å²) in [7, 11) is 0. The van der Waals surface area contributed by atoms with Crippen molar-refractivity contribution >= 4 is 17.5 Å². The lowest BCUT2D eigenvalue weighted by Crippen LogP contribution is -2.35. The fraction of sp³-hybridized carbons (Fsp3) is 0.519. The van der Waals surface area contributed by atoms with Gasteiger partial charge in [-0.25, -0.2) is 0 Å². The highest BCUT2D eigenvalue weighted by atomic mass is 35.5. The number of phenolic OH excluding ortho intramolecular Hbond substituents is 1. The highest BCUT2D eigenvalue weighted by molar-refractivity contribution is 6.30. The Labute approximate surface area is 208 Å². The van der Waals surface area contributed by atoms with E-state index in [0.29, 0.717) is 43.5 Å². The van der Waals surface area contributed by atoms with Crippen LogP contribution in [0, 0.1) is 5.92 Å². The maximum atomic E-state index is 12.7. The highest BCUT2D eigenvalue weighted by Crippen LogP contribution is 2.33. The average Bonchev–Trinajstić information content (AvgIpc) is 2.79. The normalized spacial score (nSPS) is 15.7. The lowest BCUT2D eigenvalue weighted by atomic mass is 9.86. The number of morpholine rings is 1. The monoisotopic (exact) mass is 488 g/mol. The van der Waals surface area contributed by atoms with Gasteiger partial charge >= 0.3 is 0 Å². The topological polar surface area (TPSA) is 71.0 Å². The van der Waals surface area contributed by atoms with Crippen LogP contribution in [-0.2, 0) is 16.7 Å². The molecule has 0 radical (unpaired) electrons. The summed E-state index contributed by atoms with van der Waals surface area (Å²) in [4.78, 5) is 14.9. The quantitative estimate of drug-likeness (QED) is 0.519. The molecule has 1 unspecified atom stereocenters. The van der Waals surface area contributed by atoms with E-state index in [1.807, 2.05) is 18.2 Å². The molecule has 7 heteroatoms. The van der Waals surface area contributed by atoms with Crippen LogP contribution in [0.25, 0.3) is 0 Å². The molecule has 1 aliphatic heterocycles. The van der Waals surface area contributed by atoms with Crippen LogP contribution in [-0.4, -0.2) is 55.4 Å². The number of ether oxygens (including phenoxy) is 2. The summed E-state index contributed by atoms with van der Waals surface area (Å²) >= 11 is 6.18. The molecular weight excluding hydrogens is 452 g/mol. The zero-order valence-corrected chi connectivity index (χ0v) is 21.5. The molecule has 1 amide bonds. The van der Waals surface area contributed by atoms with E-state index in [0.717, 1.165) is 36.4 Å². The smallest absolute Gasteiger partial charge is 0.251 e. The van der Waals surface area contributed by atoms with Gasteiger partial charge in [0.2, 0.25) is 0 Å². The van der Waals surface area contributed by atoms with Crippen LogP contribution in [0.2, 0.25) is 5.02 Å². The Hall–Kier alpha value is -2.28. The summed E-state index contributed by atoms with van der Waals surface area (Å²) in [5.74, 6) is 1.19. The van der Waals surface area contributed by atoms with Crippen LogP contribution in [0.15, 0.2) is 36.4 Å². The number of benzene rings is 2. The summed E-state index contributed by atoms with van der Waals surface area (Å²) in [6.45, 7) is 13.3. The van der Waals surface area contributed by atoms with Gasteiger partial charge in [-0.15, -0.1) is 0 Å². The lowest BCUT2D eigenvalue weighted by molar-refractivity contribution is 0.0338. The predicted octanol–water partition coefficient (Wildman–Crippen LogP) is 5.01. The second kappa shape index (κ2) is 11.9. The fourth-order valence-corrected chi connectivity index (χ4v) is 4.09. The van der Waals surface area contributed by atoms with Crippen molar-refractivity contribution in [3.8, 4) is 11.5 Å². The number of phenols is 1. The number of hydrogen-bond donors (Lipinski definition) is 2. The maximum Gasteiger partial charge on any atom is 0.251 e. The van der Waals surface area contributed by atoms with E-state index in [9.17, 15) is 9.90 Å².